The highest BCUT2D eigenvalue weighted by atomic mass is 19.1. The predicted octanol–water partition coefficient (Wildman–Crippen LogP) is 4.07. The van der Waals surface area contributed by atoms with Crippen molar-refractivity contribution in [3.8, 4) is 0 Å². The number of anilines is 1. The van der Waals surface area contributed by atoms with Gasteiger partial charge in [0, 0.05) is 12.2 Å². The lowest BCUT2D eigenvalue weighted by Gasteiger charge is -2.14. The first-order chi connectivity index (χ1) is 13.5. The zero-order valence-corrected chi connectivity index (χ0v) is 15.9. The van der Waals surface area contributed by atoms with Gasteiger partial charge >= 0.3 is 0 Å². The lowest BCUT2D eigenvalue weighted by molar-refractivity contribution is 0.0934. The molecule has 28 heavy (non-hydrogen) atoms. The van der Waals surface area contributed by atoms with Crippen LogP contribution in [0.2, 0.25) is 0 Å². The zero-order valence-electron chi connectivity index (χ0n) is 15.9. The second-order valence-corrected chi connectivity index (χ2v) is 6.63. The summed E-state index contributed by atoms with van der Waals surface area (Å²) in [7, 11) is 0. The van der Waals surface area contributed by atoms with Crippen LogP contribution in [-0.4, -0.2) is 22.4 Å². The number of amides is 1. The van der Waals surface area contributed by atoms with E-state index in [1.54, 1.807) is 18.2 Å². The van der Waals surface area contributed by atoms with Crippen LogP contribution < -0.4 is 10.6 Å². The molecule has 3 rings (SSSR count). The molecule has 0 aliphatic heterocycles. The van der Waals surface area contributed by atoms with Crippen molar-refractivity contribution < 1.29 is 9.18 Å². The molecule has 1 atom stereocenters. The monoisotopic (exact) mass is 378 g/mol. The van der Waals surface area contributed by atoms with E-state index in [0.717, 1.165) is 11.1 Å². The Kier molecular flexibility index (Phi) is 6.32. The molecule has 1 amide bonds. The smallest absolute Gasteiger partial charge is 0.270 e. The van der Waals surface area contributed by atoms with Gasteiger partial charge in [0.2, 0.25) is 5.95 Å². The maximum Gasteiger partial charge on any atom is 0.270 e. The molecule has 1 unspecified atom stereocenters. The highest BCUT2D eigenvalue weighted by Crippen LogP contribution is 2.13. The number of carbonyl (C=O) groups excluding carboxylic acids is 1. The predicted molar refractivity (Wildman–Crippen MR) is 108 cm³/mol. The number of aromatic nitrogens is 2. The Balaban J connectivity index is 1.62. The SMILES string of the molecule is Cc1cc(C(=O)NC(C)c2ccccc2)nc(NCCc2ccc(F)cc2)n1. The fraction of sp³-hybridized carbons (Fsp3) is 0.227. The van der Waals surface area contributed by atoms with Crippen LogP contribution in [0.25, 0.3) is 0 Å². The Morgan fingerprint density at radius 2 is 1.79 bits per heavy atom. The van der Waals surface area contributed by atoms with Crippen molar-refractivity contribution in [1.82, 2.24) is 15.3 Å². The summed E-state index contributed by atoms with van der Waals surface area (Å²) in [5.74, 6) is -0.0952. The number of rotatable bonds is 7. The lowest BCUT2D eigenvalue weighted by atomic mass is 10.1. The van der Waals surface area contributed by atoms with Crippen molar-refractivity contribution in [1.29, 1.82) is 0 Å². The summed E-state index contributed by atoms with van der Waals surface area (Å²) < 4.78 is 13.0. The summed E-state index contributed by atoms with van der Waals surface area (Å²) in [6.07, 6.45) is 0.699. The summed E-state index contributed by atoms with van der Waals surface area (Å²) >= 11 is 0. The van der Waals surface area contributed by atoms with Crippen LogP contribution in [0.3, 0.4) is 0 Å². The molecule has 0 aliphatic carbocycles. The number of benzene rings is 2. The van der Waals surface area contributed by atoms with E-state index in [9.17, 15) is 9.18 Å². The molecule has 6 heteroatoms. The van der Waals surface area contributed by atoms with Crippen molar-refractivity contribution >= 4 is 11.9 Å². The van der Waals surface area contributed by atoms with Crippen LogP contribution in [0, 0.1) is 12.7 Å². The van der Waals surface area contributed by atoms with Crippen LogP contribution >= 0.6 is 0 Å². The number of hydrogen-bond donors (Lipinski definition) is 2. The first-order valence-electron chi connectivity index (χ1n) is 9.21. The summed E-state index contributed by atoms with van der Waals surface area (Å²) in [5, 5.41) is 6.09. The largest absolute Gasteiger partial charge is 0.354 e. The van der Waals surface area contributed by atoms with Crippen LogP contribution in [0.1, 0.15) is 40.3 Å². The molecule has 0 saturated heterocycles. The number of halogens is 1. The van der Waals surface area contributed by atoms with Gasteiger partial charge in [0.15, 0.2) is 0 Å². The number of nitrogens with zero attached hydrogens (tertiary/aromatic N) is 2. The van der Waals surface area contributed by atoms with Crippen LogP contribution in [0.4, 0.5) is 10.3 Å². The van der Waals surface area contributed by atoms with Crippen LogP contribution in [0.5, 0.6) is 0 Å². The molecule has 1 heterocycles. The van der Waals surface area contributed by atoms with E-state index in [2.05, 4.69) is 20.6 Å². The van der Waals surface area contributed by atoms with Gasteiger partial charge in [0.25, 0.3) is 5.91 Å². The van der Waals surface area contributed by atoms with Crippen molar-refractivity contribution in [2.24, 2.45) is 0 Å². The fourth-order valence-electron chi connectivity index (χ4n) is 2.83. The molecule has 2 aromatic carbocycles. The van der Waals surface area contributed by atoms with Crippen molar-refractivity contribution in [3.05, 3.63) is 89.0 Å². The van der Waals surface area contributed by atoms with Gasteiger partial charge in [-0.25, -0.2) is 14.4 Å². The van der Waals surface area contributed by atoms with E-state index in [1.165, 1.54) is 12.1 Å². The van der Waals surface area contributed by atoms with E-state index in [1.807, 2.05) is 44.2 Å². The minimum Gasteiger partial charge on any atom is -0.354 e. The molecule has 0 spiro atoms. The molecule has 0 radical (unpaired) electrons. The average Bonchev–Trinajstić information content (AvgIpc) is 2.69. The van der Waals surface area contributed by atoms with E-state index < -0.39 is 0 Å². The Morgan fingerprint density at radius 1 is 1.07 bits per heavy atom. The first-order valence-corrected chi connectivity index (χ1v) is 9.21. The highest BCUT2D eigenvalue weighted by Gasteiger charge is 2.14. The van der Waals surface area contributed by atoms with Gasteiger partial charge in [0.05, 0.1) is 6.04 Å². The first kappa shape index (κ1) is 19.5. The lowest BCUT2D eigenvalue weighted by Crippen LogP contribution is -2.28. The summed E-state index contributed by atoms with van der Waals surface area (Å²) in [6.45, 7) is 4.34. The Morgan fingerprint density at radius 3 is 2.50 bits per heavy atom. The summed E-state index contributed by atoms with van der Waals surface area (Å²) in [5.41, 5.74) is 3.06. The molecule has 144 valence electrons. The normalized spacial score (nSPS) is 11.7. The minimum atomic E-state index is -0.251. The van der Waals surface area contributed by atoms with Crippen LogP contribution in [0.15, 0.2) is 60.7 Å². The molecule has 1 aromatic heterocycles. The number of aryl methyl sites for hydroxylation is 1. The van der Waals surface area contributed by atoms with Crippen molar-refractivity contribution in [2.45, 2.75) is 26.3 Å². The van der Waals surface area contributed by atoms with Gasteiger partial charge in [0.1, 0.15) is 11.5 Å². The third-order valence-electron chi connectivity index (χ3n) is 4.34. The number of hydrogen-bond acceptors (Lipinski definition) is 4. The Hall–Kier alpha value is -3.28. The average molecular weight is 378 g/mol. The maximum atomic E-state index is 13.0. The molecule has 0 saturated carbocycles. The van der Waals surface area contributed by atoms with Crippen LogP contribution in [-0.2, 0) is 6.42 Å². The molecule has 5 nitrogen and oxygen atoms in total. The van der Waals surface area contributed by atoms with Gasteiger partial charge in [-0.05, 0) is 49.6 Å². The minimum absolute atomic E-state index is 0.126. The maximum absolute atomic E-state index is 13.0. The molecule has 2 N–H and O–H groups in total. The second-order valence-electron chi connectivity index (χ2n) is 6.63. The van der Waals surface area contributed by atoms with E-state index >= 15 is 0 Å². The van der Waals surface area contributed by atoms with E-state index in [-0.39, 0.29) is 17.8 Å². The molecule has 0 aliphatic rings. The standard InChI is InChI=1S/C22H23FN4O/c1-15-14-20(21(28)26-16(2)18-6-4-3-5-7-18)27-22(25-15)24-13-12-17-8-10-19(23)11-9-17/h3-11,14,16H,12-13H2,1-2H3,(H,26,28)(H,24,25,27). The van der Waals surface area contributed by atoms with E-state index in [0.29, 0.717) is 30.3 Å². The zero-order chi connectivity index (χ0) is 19.9. The second kappa shape index (κ2) is 9.08. The molecule has 3 aromatic rings. The van der Waals surface area contributed by atoms with Gasteiger partial charge in [-0.3, -0.25) is 4.79 Å². The third kappa shape index (κ3) is 5.36. The highest BCUT2D eigenvalue weighted by molar-refractivity contribution is 5.92. The Bertz CT molecular complexity index is 929. The van der Waals surface area contributed by atoms with Gasteiger partial charge < -0.3 is 10.6 Å². The third-order valence-corrected chi connectivity index (χ3v) is 4.34. The summed E-state index contributed by atoms with van der Waals surface area (Å²) in [6, 6.07) is 17.7. The van der Waals surface area contributed by atoms with Crippen molar-refractivity contribution in [2.75, 3.05) is 11.9 Å². The molecule has 0 fully saturated rings. The molecular formula is C22H23FN4O. The summed E-state index contributed by atoms with van der Waals surface area (Å²) in [4.78, 5) is 21.3. The number of nitrogens with one attached hydrogen (secondary N) is 2. The van der Waals surface area contributed by atoms with Gasteiger partial charge in [-0.1, -0.05) is 42.5 Å². The fourth-order valence-corrected chi connectivity index (χ4v) is 2.83. The molecular weight excluding hydrogens is 355 g/mol. The van der Waals surface area contributed by atoms with Gasteiger partial charge in [-0.15, -0.1) is 0 Å². The Labute approximate surface area is 164 Å². The topological polar surface area (TPSA) is 66.9 Å². The van der Waals surface area contributed by atoms with Gasteiger partial charge in [-0.2, -0.15) is 0 Å². The van der Waals surface area contributed by atoms with E-state index in [4.69, 9.17) is 0 Å². The quantitative estimate of drug-likeness (QED) is 0.650. The number of carbonyl (C=O) groups is 1. The molecule has 0 bridgehead atoms. The van der Waals surface area contributed by atoms with Crippen molar-refractivity contribution in [3.63, 3.8) is 0 Å².